The van der Waals surface area contributed by atoms with Crippen LogP contribution in [0.5, 0.6) is 11.5 Å². The molecule has 0 spiro atoms. The molecule has 0 radical (unpaired) electrons. The van der Waals surface area contributed by atoms with Crippen LogP contribution in [0.15, 0.2) is 57.4 Å². The van der Waals surface area contributed by atoms with E-state index in [4.69, 9.17) is 14.7 Å². The van der Waals surface area contributed by atoms with Crippen LogP contribution in [0.25, 0.3) is 10.9 Å². The Balaban J connectivity index is 2.11. The molecule has 1 heterocycles. The van der Waals surface area contributed by atoms with E-state index in [9.17, 15) is 4.79 Å². The minimum Gasteiger partial charge on any atom is -0.493 e. The molecule has 0 aliphatic heterocycles. The summed E-state index contributed by atoms with van der Waals surface area (Å²) in [5.41, 5.74) is 1.90. The molecule has 158 valence electrons. The number of benzene rings is 2. The topological polar surface area (TPSA) is 89.5 Å². The Morgan fingerprint density at radius 2 is 2.16 bits per heavy atom. The second kappa shape index (κ2) is 10.0. The Labute approximate surface area is 188 Å². The maximum Gasteiger partial charge on any atom is 0.282 e. The number of hydrogen-bond donors (Lipinski definition) is 0. The number of hydrogen-bond acceptors (Lipinski definition) is 6. The molecule has 31 heavy (non-hydrogen) atoms. The summed E-state index contributed by atoms with van der Waals surface area (Å²) in [7, 11) is 1.53. The zero-order valence-corrected chi connectivity index (χ0v) is 18.8. The SMILES string of the molecule is C=CCc1cc(C=Nn2c(CC)nc3ccc(Br)cc3c2=O)cc(OC)c1OCC#N. The van der Waals surface area contributed by atoms with Crippen molar-refractivity contribution in [1.29, 1.82) is 5.26 Å². The predicted octanol–water partition coefficient (Wildman–Crippen LogP) is 4.24. The van der Waals surface area contributed by atoms with Gasteiger partial charge in [-0.25, -0.2) is 4.98 Å². The normalized spacial score (nSPS) is 10.9. The van der Waals surface area contributed by atoms with Gasteiger partial charge in [-0.15, -0.1) is 6.58 Å². The summed E-state index contributed by atoms with van der Waals surface area (Å²) >= 11 is 3.40. The van der Waals surface area contributed by atoms with Gasteiger partial charge < -0.3 is 9.47 Å². The molecular weight excluding hydrogens is 460 g/mol. The highest BCUT2D eigenvalue weighted by atomic mass is 79.9. The fourth-order valence-corrected chi connectivity index (χ4v) is 3.51. The first-order chi connectivity index (χ1) is 15.0. The van der Waals surface area contributed by atoms with Crippen molar-refractivity contribution in [3.63, 3.8) is 0 Å². The minimum absolute atomic E-state index is 0.0957. The molecule has 7 nitrogen and oxygen atoms in total. The number of allylic oxidation sites excluding steroid dienone is 1. The summed E-state index contributed by atoms with van der Waals surface area (Å²) in [5.74, 6) is 1.52. The molecule has 0 aliphatic rings. The molecule has 0 saturated heterocycles. The van der Waals surface area contributed by atoms with Crippen LogP contribution in [0.4, 0.5) is 0 Å². The monoisotopic (exact) mass is 480 g/mol. The van der Waals surface area contributed by atoms with Crippen molar-refractivity contribution >= 4 is 33.0 Å². The molecule has 3 aromatic rings. The number of nitriles is 1. The van der Waals surface area contributed by atoms with Crippen LogP contribution < -0.4 is 15.0 Å². The molecule has 0 amide bonds. The molecule has 0 unspecified atom stereocenters. The molecule has 0 saturated carbocycles. The molecule has 0 N–H and O–H groups in total. The van der Waals surface area contributed by atoms with Gasteiger partial charge in [0.25, 0.3) is 5.56 Å². The van der Waals surface area contributed by atoms with E-state index in [1.807, 2.05) is 25.1 Å². The van der Waals surface area contributed by atoms with E-state index in [1.165, 1.54) is 11.8 Å². The fraction of sp³-hybridized carbons (Fsp3) is 0.217. The van der Waals surface area contributed by atoms with Crippen LogP contribution in [-0.2, 0) is 12.8 Å². The first-order valence-corrected chi connectivity index (χ1v) is 10.4. The Morgan fingerprint density at radius 3 is 2.84 bits per heavy atom. The second-order valence-electron chi connectivity index (χ2n) is 6.56. The summed E-state index contributed by atoms with van der Waals surface area (Å²) in [6.07, 6.45) is 4.38. The Hall–Kier alpha value is -3.44. The van der Waals surface area contributed by atoms with Gasteiger partial charge in [0, 0.05) is 16.5 Å². The fourth-order valence-electron chi connectivity index (χ4n) is 3.15. The van der Waals surface area contributed by atoms with Gasteiger partial charge in [-0.1, -0.05) is 28.9 Å². The summed E-state index contributed by atoms with van der Waals surface area (Å²) in [5, 5.41) is 13.7. The Bertz CT molecular complexity index is 1260. The molecule has 0 fully saturated rings. The van der Waals surface area contributed by atoms with Crippen LogP contribution in [0, 0.1) is 11.3 Å². The third-order valence-corrected chi connectivity index (χ3v) is 5.03. The molecule has 0 aliphatic carbocycles. The van der Waals surface area contributed by atoms with Crippen molar-refractivity contribution < 1.29 is 9.47 Å². The second-order valence-corrected chi connectivity index (χ2v) is 7.47. The molecule has 3 rings (SSSR count). The smallest absolute Gasteiger partial charge is 0.282 e. The lowest BCUT2D eigenvalue weighted by molar-refractivity contribution is 0.327. The lowest BCUT2D eigenvalue weighted by Gasteiger charge is -2.14. The maximum absolute atomic E-state index is 13.0. The standard InChI is InChI=1S/C23H21BrN4O3/c1-4-6-16-11-15(12-20(30-3)22(16)31-10-9-25)14-26-28-21(5-2)27-19-8-7-17(24)13-18(19)23(28)29/h4,7-8,11-14H,1,5-6,10H2,2-3H3. The molecule has 2 aromatic carbocycles. The van der Waals surface area contributed by atoms with Crippen LogP contribution >= 0.6 is 15.9 Å². The molecule has 8 heteroatoms. The number of nitrogens with zero attached hydrogens (tertiary/aromatic N) is 4. The predicted molar refractivity (Wildman–Crippen MR) is 124 cm³/mol. The zero-order chi connectivity index (χ0) is 22.4. The number of rotatable bonds is 8. The number of methoxy groups -OCH3 is 1. The van der Waals surface area contributed by atoms with Gasteiger partial charge in [0.05, 0.1) is 24.2 Å². The van der Waals surface area contributed by atoms with E-state index in [2.05, 4.69) is 32.6 Å². The zero-order valence-electron chi connectivity index (χ0n) is 17.3. The van der Waals surface area contributed by atoms with Crippen LogP contribution in [0.1, 0.15) is 23.9 Å². The average Bonchev–Trinajstić information content (AvgIpc) is 2.77. The van der Waals surface area contributed by atoms with Crippen molar-refractivity contribution in [2.24, 2.45) is 5.10 Å². The van der Waals surface area contributed by atoms with Crippen molar-refractivity contribution in [1.82, 2.24) is 9.66 Å². The van der Waals surface area contributed by atoms with Gasteiger partial charge in [0.2, 0.25) is 0 Å². The Kier molecular flexibility index (Phi) is 7.21. The minimum atomic E-state index is -0.244. The lowest BCUT2D eigenvalue weighted by atomic mass is 10.1. The summed E-state index contributed by atoms with van der Waals surface area (Å²) in [6, 6.07) is 11.0. The van der Waals surface area contributed by atoms with E-state index in [-0.39, 0.29) is 12.2 Å². The van der Waals surface area contributed by atoms with Crippen molar-refractivity contribution in [3.8, 4) is 17.6 Å². The first kappa shape index (κ1) is 22.2. The molecule has 0 bridgehead atoms. The summed E-state index contributed by atoms with van der Waals surface area (Å²) < 4.78 is 13.1. The van der Waals surface area contributed by atoms with Gasteiger partial charge in [0.15, 0.2) is 18.1 Å². The van der Waals surface area contributed by atoms with E-state index in [0.717, 1.165) is 10.0 Å². The highest BCUT2D eigenvalue weighted by molar-refractivity contribution is 9.10. The number of fused-ring (bicyclic) bond motifs is 1. The van der Waals surface area contributed by atoms with Gasteiger partial charge in [-0.2, -0.15) is 15.0 Å². The lowest BCUT2D eigenvalue weighted by Crippen LogP contribution is -2.22. The largest absolute Gasteiger partial charge is 0.493 e. The Morgan fingerprint density at radius 1 is 1.35 bits per heavy atom. The number of aryl methyl sites for hydroxylation is 1. The number of halogens is 1. The van der Waals surface area contributed by atoms with Crippen LogP contribution in [-0.4, -0.2) is 29.6 Å². The number of ether oxygens (including phenoxy) is 2. The van der Waals surface area contributed by atoms with E-state index in [0.29, 0.717) is 46.6 Å². The van der Waals surface area contributed by atoms with E-state index >= 15 is 0 Å². The average molecular weight is 481 g/mol. The molecule has 1 aromatic heterocycles. The van der Waals surface area contributed by atoms with Crippen molar-refractivity contribution in [3.05, 3.63) is 74.8 Å². The van der Waals surface area contributed by atoms with Crippen molar-refractivity contribution in [2.45, 2.75) is 19.8 Å². The molecular formula is C23H21BrN4O3. The van der Waals surface area contributed by atoms with Crippen LogP contribution in [0.3, 0.4) is 0 Å². The van der Waals surface area contributed by atoms with Crippen molar-refractivity contribution in [2.75, 3.05) is 13.7 Å². The third-order valence-electron chi connectivity index (χ3n) is 4.53. The third kappa shape index (κ3) is 4.84. The van der Waals surface area contributed by atoms with Gasteiger partial charge >= 0.3 is 0 Å². The maximum atomic E-state index is 13.0. The first-order valence-electron chi connectivity index (χ1n) is 9.59. The molecule has 0 atom stereocenters. The van der Waals surface area contributed by atoms with E-state index in [1.54, 1.807) is 30.5 Å². The van der Waals surface area contributed by atoms with Gasteiger partial charge in [-0.3, -0.25) is 4.79 Å². The number of aromatic nitrogens is 2. The quantitative estimate of drug-likeness (QED) is 0.355. The van der Waals surface area contributed by atoms with E-state index < -0.39 is 0 Å². The van der Waals surface area contributed by atoms with Gasteiger partial charge in [0.1, 0.15) is 11.9 Å². The summed E-state index contributed by atoms with van der Waals surface area (Å²) in [6.45, 7) is 5.60. The highest BCUT2D eigenvalue weighted by Crippen LogP contribution is 2.33. The van der Waals surface area contributed by atoms with Crippen LogP contribution in [0.2, 0.25) is 0 Å². The highest BCUT2D eigenvalue weighted by Gasteiger charge is 2.13. The summed E-state index contributed by atoms with van der Waals surface area (Å²) in [4.78, 5) is 17.6. The van der Waals surface area contributed by atoms with Gasteiger partial charge in [-0.05, 0) is 42.3 Å².